The average molecular weight is 283 g/mol. The molecule has 0 fully saturated rings. The zero-order valence-electron chi connectivity index (χ0n) is 11.8. The summed E-state index contributed by atoms with van der Waals surface area (Å²) in [5.74, 6) is 0.574. The predicted molar refractivity (Wildman–Crippen MR) is 78.3 cm³/mol. The number of benzene rings is 1. The van der Waals surface area contributed by atoms with Gasteiger partial charge in [0.05, 0.1) is 23.9 Å². The summed E-state index contributed by atoms with van der Waals surface area (Å²) in [5.41, 5.74) is 9.36. The van der Waals surface area contributed by atoms with Crippen molar-refractivity contribution in [2.75, 3.05) is 0 Å². The highest BCUT2D eigenvalue weighted by Gasteiger charge is 2.12. The fourth-order valence-corrected chi connectivity index (χ4v) is 2.05. The van der Waals surface area contributed by atoms with Gasteiger partial charge < -0.3 is 15.6 Å². The number of aliphatic hydroxyl groups is 1. The van der Waals surface area contributed by atoms with Gasteiger partial charge in [-0.05, 0) is 30.2 Å². The van der Waals surface area contributed by atoms with Gasteiger partial charge >= 0.3 is 0 Å². The summed E-state index contributed by atoms with van der Waals surface area (Å²) in [6.07, 6.45) is 1.66. The van der Waals surface area contributed by atoms with Crippen molar-refractivity contribution in [3.63, 3.8) is 0 Å². The fraction of sp³-hybridized carbons (Fsp3) is 0.250. The van der Waals surface area contributed by atoms with E-state index in [1.807, 2.05) is 19.1 Å². The second-order valence-electron chi connectivity index (χ2n) is 4.64. The molecule has 0 saturated heterocycles. The molecule has 0 aliphatic carbocycles. The Morgan fingerprint density at radius 3 is 2.62 bits per heavy atom. The molecule has 1 aromatic carbocycles. The third-order valence-electron chi connectivity index (χ3n) is 3.25. The number of nitriles is 1. The summed E-state index contributed by atoms with van der Waals surface area (Å²) in [6, 6.07) is 9.24. The van der Waals surface area contributed by atoms with Crippen LogP contribution in [0.4, 0.5) is 0 Å². The highest BCUT2D eigenvalue weighted by Crippen LogP contribution is 2.26. The van der Waals surface area contributed by atoms with E-state index < -0.39 is 0 Å². The highest BCUT2D eigenvalue weighted by atomic mass is 16.5. The van der Waals surface area contributed by atoms with E-state index in [1.165, 1.54) is 0 Å². The molecule has 0 saturated carbocycles. The van der Waals surface area contributed by atoms with Gasteiger partial charge in [0.15, 0.2) is 0 Å². The maximum atomic E-state index is 9.52. The van der Waals surface area contributed by atoms with Crippen molar-refractivity contribution >= 4 is 0 Å². The quantitative estimate of drug-likeness (QED) is 0.872. The summed E-state index contributed by atoms with van der Waals surface area (Å²) < 4.78 is 5.80. The van der Waals surface area contributed by atoms with Gasteiger partial charge in [-0.25, -0.2) is 0 Å². The second-order valence-corrected chi connectivity index (χ2v) is 4.64. The SMILES string of the molecule is Cc1ncc(CN)c(CO)c1OCc1ccc(C#N)cc1. The lowest BCUT2D eigenvalue weighted by Crippen LogP contribution is -2.08. The Labute approximate surface area is 123 Å². The molecule has 3 N–H and O–H groups in total. The number of pyridine rings is 1. The Morgan fingerprint density at radius 1 is 1.33 bits per heavy atom. The third-order valence-corrected chi connectivity index (χ3v) is 3.25. The van der Waals surface area contributed by atoms with Crippen LogP contribution in [0.1, 0.15) is 27.9 Å². The number of aryl methyl sites for hydroxylation is 1. The Kier molecular flexibility index (Phi) is 4.88. The van der Waals surface area contributed by atoms with Crippen molar-refractivity contribution < 1.29 is 9.84 Å². The van der Waals surface area contributed by atoms with Gasteiger partial charge in [0.1, 0.15) is 12.4 Å². The number of nitrogens with zero attached hydrogens (tertiary/aromatic N) is 2. The Balaban J connectivity index is 2.21. The first-order valence-corrected chi connectivity index (χ1v) is 6.59. The first kappa shape index (κ1) is 15.0. The second kappa shape index (κ2) is 6.84. The van der Waals surface area contributed by atoms with Crippen LogP contribution in [-0.4, -0.2) is 10.1 Å². The first-order chi connectivity index (χ1) is 10.2. The summed E-state index contributed by atoms with van der Waals surface area (Å²) >= 11 is 0. The molecule has 0 bridgehead atoms. The van der Waals surface area contributed by atoms with E-state index in [0.29, 0.717) is 35.7 Å². The van der Waals surface area contributed by atoms with Gasteiger partial charge in [0, 0.05) is 18.3 Å². The summed E-state index contributed by atoms with van der Waals surface area (Å²) in [7, 11) is 0. The van der Waals surface area contributed by atoms with E-state index >= 15 is 0 Å². The van der Waals surface area contributed by atoms with Crippen molar-refractivity contribution in [1.29, 1.82) is 5.26 Å². The Morgan fingerprint density at radius 2 is 2.05 bits per heavy atom. The zero-order valence-corrected chi connectivity index (χ0v) is 11.8. The Bertz CT molecular complexity index is 660. The molecule has 2 aromatic rings. The van der Waals surface area contributed by atoms with Gasteiger partial charge in [0.2, 0.25) is 0 Å². The Hall–Kier alpha value is -2.42. The van der Waals surface area contributed by atoms with Crippen LogP contribution >= 0.6 is 0 Å². The minimum absolute atomic E-state index is 0.140. The molecule has 21 heavy (non-hydrogen) atoms. The normalized spacial score (nSPS) is 10.2. The van der Waals surface area contributed by atoms with E-state index in [0.717, 1.165) is 11.1 Å². The largest absolute Gasteiger partial charge is 0.487 e. The van der Waals surface area contributed by atoms with Crippen LogP contribution < -0.4 is 10.5 Å². The third kappa shape index (κ3) is 3.37. The van der Waals surface area contributed by atoms with Crippen LogP contribution in [0.2, 0.25) is 0 Å². The highest BCUT2D eigenvalue weighted by molar-refractivity contribution is 5.41. The van der Waals surface area contributed by atoms with Gasteiger partial charge in [-0.1, -0.05) is 12.1 Å². The molecule has 108 valence electrons. The number of ether oxygens (including phenoxy) is 1. The van der Waals surface area contributed by atoms with Gasteiger partial charge in [-0.2, -0.15) is 5.26 Å². The molecule has 1 heterocycles. The number of rotatable bonds is 5. The minimum Gasteiger partial charge on any atom is -0.487 e. The molecular formula is C16H17N3O2. The van der Waals surface area contributed by atoms with Crippen molar-refractivity contribution in [2.45, 2.75) is 26.7 Å². The molecule has 0 radical (unpaired) electrons. The lowest BCUT2D eigenvalue weighted by atomic mass is 10.1. The predicted octanol–water partition coefficient (Wildman–Crippen LogP) is 1.79. The van der Waals surface area contributed by atoms with E-state index in [4.69, 9.17) is 15.7 Å². The van der Waals surface area contributed by atoms with Crippen LogP contribution in [0.5, 0.6) is 5.75 Å². The molecule has 2 rings (SSSR count). The minimum atomic E-state index is -0.140. The standard InChI is InChI=1S/C16H17N3O2/c1-11-16(15(9-20)14(7-18)8-19-11)21-10-13-4-2-12(6-17)3-5-13/h2-5,8,20H,7,9-10,18H2,1H3. The van der Waals surface area contributed by atoms with Gasteiger partial charge in [-0.15, -0.1) is 0 Å². The number of nitrogens with two attached hydrogens (primary N) is 1. The summed E-state index contributed by atoms with van der Waals surface area (Å²) in [5, 5.41) is 18.3. The number of aliphatic hydroxyl groups excluding tert-OH is 1. The molecule has 0 aliphatic rings. The molecule has 0 aliphatic heterocycles. The van der Waals surface area contributed by atoms with Crippen molar-refractivity contribution in [3.05, 3.63) is 58.4 Å². The van der Waals surface area contributed by atoms with E-state index in [1.54, 1.807) is 18.3 Å². The smallest absolute Gasteiger partial charge is 0.146 e. The fourth-order valence-electron chi connectivity index (χ4n) is 2.05. The zero-order chi connectivity index (χ0) is 15.2. The maximum absolute atomic E-state index is 9.52. The lowest BCUT2D eigenvalue weighted by molar-refractivity contribution is 0.255. The molecule has 0 spiro atoms. The van der Waals surface area contributed by atoms with Crippen LogP contribution in [0.15, 0.2) is 30.5 Å². The number of hydrogen-bond donors (Lipinski definition) is 2. The first-order valence-electron chi connectivity index (χ1n) is 6.59. The molecule has 1 aromatic heterocycles. The van der Waals surface area contributed by atoms with Crippen LogP contribution in [0, 0.1) is 18.3 Å². The van der Waals surface area contributed by atoms with Crippen LogP contribution in [0.25, 0.3) is 0 Å². The maximum Gasteiger partial charge on any atom is 0.146 e. The van der Waals surface area contributed by atoms with Crippen molar-refractivity contribution in [3.8, 4) is 11.8 Å². The molecule has 5 nitrogen and oxygen atoms in total. The monoisotopic (exact) mass is 283 g/mol. The molecule has 0 amide bonds. The van der Waals surface area contributed by atoms with Crippen LogP contribution in [-0.2, 0) is 19.8 Å². The summed E-state index contributed by atoms with van der Waals surface area (Å²) in [6.45, 7) is 2.33. The van der Waals surface area contributed by atoms with Crippen molar-refractivity contribution in [1.82, 2.24) is 4.98 Å². The number of hydrogen-bond acceptors (Lipinski definition) is 5. The molecule has 5 heteroatoms. The van der Waals surface area contributed by atoms with Gasteiger partial charge in [-0.3, -0.25) is 4.98 Å². The summed E-state index contributed by atoms with van der Waals surface area (Å²) in [4.78, 5) is 4.24. The van der Waals surface area contributed by atoms with E-state index in [9.17, 15) is 5.11 Å². The van der Waals surface area contributed by atoms with E-state index in [-0.39, 0.29) is 6.61 Å². The van der Waals surface area contributed by atoms with Crippen LogP contribution in [0.3, 0.4) is 0 Å². The molecular weight excluding hydrogens is 266 g/mol. The van der Waals surface area contributed by atoms with Gasteiger partial charge in [0.25, 0.3) is 0 Å². The lowest BCUT2D eigenvalue weighted by Gasteiger charge is -2.15. The average Bonchev–Trinajstić information content (AvgIpc) is 2.53. The molecule has 0 unspecified atom stereocenters. The number of aromatic nitrogens is 1. The topological polar surface area (TPSA) is 92.2 Å². The van der Waals surface area contributed by atoms with E-state index in [2.05, 4.69) is 11.1 Å². The molecule has 0 atom stereocenters. The van der Waals surface area contributed by atoms with Crippen molar-refractivity contribution in [2.24, 2.45) is 5.73 Å².